The zero-order valence-corrected chi connectivity index (χ0v) is 17.1. The lowest BCUT2D eigenvalue weighted by molar-refractivity contribution is 0.120. The van der Waals surface area contributed by atoms with E-state index < -0.39 is 0 Å². The average Bonchev–Trinajstić information content (AvgIpc) is 2.67. The largest absolute Gasteiger partial charge is 0.380 e. The van der Waals surface area contributed by atoms with E-state index in [2.05, 4.69) is 52.8 Å². The SMILES string of the molecule is CCC(C)c1cnc(N2CCN(CCCOCCNC(C)C)CC2)nc1. The Hall–Kier alpha value is -1.24. The summed E-state index contributed by atoms with van der Waals surface area (Å²) in [4.78, 5) is 14.0. The van der Waals surface area contributed by atoms with E-state index in [1.54, 1.807) is 0 Å². The van der Waals surface area contributed by atoms with Crippen LogP contribution in [0.25, 0.3) is 0 Å². The molecule has 1 aromatic heterocycles. The highest BCUT2D eigenvalue weighted by atomic mass is 16.5. The van der Waals surface area contributed by atoms with Crippen molar-refractivity contribution in [1.82, 2.24) is 20.2 Å². The van der Waals surface area contributed by atoms with E-state index in [1.807, 2.05) is 12.4 Å². The molecule has 148 valence electrons. The molecule has 0 saturated carbocycles. The quantitative estimate of drug-likeness (QED) is 0.610. The summed E-state index contributed by atoms with van der Waals surface area (Å²) >= 11 is 0. The fourth-order valence-electron chi connectivity index (χ4n) is 3.07. The van der Waals surface area contributed by atoms with Gasteiger partial charge in [-0.1, -0.05) is 27.7 Å². The molecule has 0 radical (unpaired) electrons. The van der Waals surface area contributed by atoms with E-state index in [0.717, 1.165) is 71.3 Å². The van der Waals surface area contributed by atoms with E-state index >= 15 is 0 Å². The first-order valence-electron chi connectivity index (χ1n) is 10.2. The van der Waals surface area contributed by atoms with Crippen LogP contribution in [0.2, 0.25) is 0 Å². The highest BCUT2D eigenvalue weighted by Crippen LogP contribution is 2.18. The zero-order valence-electron chi connectivity index (χ0n) is 17.1. The Labute approximate surface area is 159 Å². The van der Waals surface area contributed by atoms with Crippen LogP contribution >= 0.6 is 0 Å². The van der Waals surface area contributed by atoms with E-state index in [0.29, 0.717) is 12.0 Å². The number of aromatic nitrogens is 2. The number of hydrogen-bond donors (Lipinski definition) is 1. The maximum atomic E-state index is 5.69. The molecule has 26 heavy (non-hydrogen) atoms. The van der Waals surface area contributed by atoms with Crippen molar-refractivity contribution in [3.05, 3.63) is 18.0 Å². The fraction of sp³-hybridized carbons (Fsp3) is 0.800. The number of ether oxygens (including phenoxy) is 1. The van der Waals surface area contributed by atoms with Crippen LogP contribution in [0.15, 0.2) is 12.4 Å². The van der Waals surface area contributed by atoms with Gasteiger partial charge < -0.3 is 15.0 Å². The van der Waals surface area contributed by atoms with Crippen molar-refractivity contribution in [3.63, 3.8) is 0 Å². The maximum absolute atomic E-state index is 5.69. The van der Waals surface area contributed by atoms with Crippen LogP contribution < -0.4 is 10.2 Å². The molecule has 2 heterocycles. The van der Waals surface area contributed by atoms with Gasteiger partial charge in [-0.25, -0.2) is 9.97 Å². The molecule has 1 aliphatic rings. The zero-order chi connectivity index (χ0) is 18.8. The summed E-state index contributed by atoms with van der Waals surface area (Å²) in [5, 5.41) is 3.37. The molecule has 1 N–H and O–H groups in total. The monoisotopic (exact) mass is 363 g/mol. The Bertz CT molecular complexity index is 485. The first kappa shape index (κ1) is 21.1. The summed E-state index contributed by atoms with van der Waals surface area (Å²) in [6.45, 7) is 16.6. The lowest BCUT2D eigenvalue weighted by Gasteiger charge is -2.34. The molecule has 1 atom stereocenters. The molecule has 1 aliphatic heterocycles. The molecule has 0 spiro atoms. The molecular weight excluding hydrogens is 326 g/mol. The molecule has 2 rings (SSSR count). The van der Waals surface area contributed by atoms with Crippen molar-refractivity contribution < 1.29 is 4.74 Å². The molecule has 0 aromatic carbocycles. The third-order valence-electron chi connectivity index (χ3n) is 5.06. The second-order valence-corrected chi connectivity index (χ2v) is 7.53. The van der Waals surface area contributed by atoms with Crippen LogP contribution in [0.1, 0.15) is 52.0 Å². The molecule has 0 bridgehead atoms. The van der Waals surface area contributed by atoms with Gasteiger partial charge in [-0.3, -0.25) is 4.90 Å². The van der Waals surface area contributed by atoms with Gasteiger partial charge >= 0.3 is 0 Å². The topological polar surface area (TPSA) is 53.5 Å². The molecule has 1 unspecified atom stereocenters. The van der Waals surface area contributed by atoms with Gasteiger partial charge in [0.2, 0.25) is 5.95 Å². The minimum absolute atomic E-state index is 0.532. The van der Waals surface area contributed by atoms with Crippen LogP contribution in [0, 0.1) is 0 Å². The first-order valence-corrected chi connectivity index (χ1v) is 10.2. The van der Waals surface area contributed by atoms with Crippen LogP contribution in [0.5, 0.6) is 0 Å². The normalized spacial score (nSPS) is 17.0. The van der Waals surface area contributed by atoms with Crippen molar-refractivity contribution in [1.29, 1.82) is 0 Å². The summed E-state index contributed by atoms with van der Waals surface area (Å²) in [5.41, 5.74) is 1.23. The molecule has 6 heteroatoms. The number of rotatable bonds is 11. The predicted molar refractivity (Wildman–Crippen MR) is 108 cm³/mol. The van der Waals surface area contributed by atoms with Crippen molar-refractivity contribution >= 4 is 5.95 Å². The lowest BCUT2D eigenvalue weighted by Crippen LogP contribution is -2.47. The second kappa shape index (κ2) is 11.5. The van der Waals surface area contributed by atoms with Crippen LogP contribution in [0.3, 0.4) is 0 Å². The highest BCUT2D eigenvalue weighted by molar-refractivity contribution is 5.31. The molecule has 0 aliphatic carbocycles. The summed E-state index contributed by atoms with van der Waals surface area (Å²) < 4.78 is 5.69. The molecule has 1 aromatic rings. The smallest absolute Gasteiger partial charge is 0.225 e. The average molecular weight is 364 g/mol. The van der Waals surface area contributed by atoms with Gasteiger partial charge in [0.25, 0.3) is 0 Å². The third kappa shape index (κ3) is 7.17. The third-order valence-corrected chi connectivity index (χ3v) is 5.06. The Morgan fingerprint density at radius 2 is 1.77 bits per heavy atom. The molecule has 0 amide bonds. The first-order chi connectivity index (χ1) is 12.6. The number of piperazine rings is 1. The molecule has 1 saturated heterocycles. The highest BCUT2D eigenvalue weighted by Gasteiger charge is 2.18. The Kier molecular flexibility index (Phi) is 9.29. The number of nitrogens with zero attached hydrogens (tertiary/aromatic N) is 4. The van der Waals surface area contributed by atoms with E-state index in [-0.39, 0.29) is 0 Å². The summed E-state index contributed by atoms with van der Waals surface area (Å²) in [6, 6.07) is 0.533. The van der Waals surface area contributed by atoms with Crippen LogP contribution in [-0.2, 0) is 4.74 Å². The molecular formula is C20H37N5O. The summed E-state index contributed by atoms with van der Waals surface area (Å²) in [6.07, 6.45) is 6.21. The minimum Gasteiger partial charge on any atom is -0.380 e. The minimum atomic E-state index is 0.532. The van der Waals surface area contributed by atoms with Gasteiger partial charge in [-0.05, 0) is 24.3 Å². The van der Waals surface area contributed by atoms with E-state index in [1.165, 1.54) is 5.56 Å². The number of hydrogen-bond acceptors (Lipinski definition) is 6. The van der Waals surface area contributed by atoms with Gasteiger partial charge in [-0.15, -0.1) is 0 Å². The van der Waals surface area contributed by atoms with Gasteiger partial charge in [0, 0.05) is 64.3 Å². The van der Waals surface area contributed by atoms with E-state index in [9.17, 15) is 0 Å². The van der Waals surface area contributed by atoms with Gasteiger partial charge in [0.15, 0.2) is 0 Å². The standard InChI is InChI=1S/C20H37N5O/c1-5-18(4)19-15-22-20(23-16-19)25-11-9-24(10-12-25)8-6-13-26-14-7-21-17(2)3/h15-18,21H,5-14H2,1-4H3. The van der Waals surface area contributed by atoms with Crippen LogP contribution in [0.4, 0.5) is 5.95 Å². The lowest BCUT2D eigenvalue weighted by atomic mass is 10.0. The Balaban J connectivity index is 1.60. The van der Waals surface area contributed by atoms with Crippen molar-refractivity contribution in [2.24, 2.45) is 0 Å². The van der Waals surface area contributed by atoms with Gasteiger partial charge in [0.1, 0.15) is 0 Å². The fourth-order valence-corrected chi connectivity index (χ4v) is 3.07. The van der Waals surface area contributed by atoms with E-state index in [4.69, 9.17) is 4.74 Å². The van der Waals surface area contributed by atoms with Crippen molar-refractivity contribution in [2.75, 3.05) is 57.4 Å². The van der Waals surface area contributed by atoms with Crippen molar-refractivity contribution in [3.8, 4) is 0 Å². The van der Waals surface area contributed by atoms with Crippen LogP contribution in [-0.4, -0.2) is 73.4 Å². The summed E-state index contributed by atoms with van der Waals surface area (Å²) in [5.74, 6) is 1.40. The Morgan fingerprint density at radius 3 is 2.38 bits per heavy atom. The predicted octanol–water partition coefficient (Wildman–Crippen LogP) is 2.52. The molecule has 1 fully saturated rings. The molecule has 6 nitrogen and oxygen atoms in total. The summed E-state index contributed by atoms with van der Waals surface area (Å²) in [7, 11) is 0. The van der Waals surface area contributed by atoms with Crippen molar-refractivity contribution in [2.45, 2.75) is 52.5 Å². The van der Waals surface area contributed by atoms with Gasteiger partial charge in [0.05, 0.1) is 6.61 Å². The Morgan fingerprint density at radius 1 is 1.08 bits per heavy atom. The number of nitrogens with one attached hydrogen (secondary N) is 1. The second-order valence-electron chi connectivity index (χ2n) is 7.53. The maximum Gasteiger partial charge on any atom is 0.225 e. The number of anilines is 1. The van der Waals surface area contributed by atoms with Gasteiger partial charge in [-0.2, -0.15) is 0 Å².